The lowest BCUT2D eigenvalue weighted by molar-refractivity contribution is -0.143. The van der Waals surface area contributed by atoms with Crippen LogP contribution in [0, 0.1) is 0 Å². The fourth-order valence-corrected chi connectivity index (χ4v) is 1.51. The van der Waals surface area contributed by atoms with Crippen molar-refractivity contribution in [2.75, 3.05) is 0 Å². The molecule has 7 heteroatoms. The standard InChI is InChI=1S/C12H20FNO5/c1-2-3-4-8(13)7-10(15)14-9(12(18)19)5-6-11(16)17/h8-9H,2-7H2,1H3,(H,14,15)(H,16,17)(H,18,19)/t8?,9-/m0/s1. The van der Waals surface area contributed by atoms with Gasteiger partial charge in [0.2, 0.25) is 5.91 Å². The number of unbranched alkanes of at least 4 members (excludes halogenated alkanes) is 1. The number of alkyl halides is 1. The van der Waals surface area contributed by atoms with E-state index in [1.807, 2.05) is 6.92 Å². The van der Waals surface area contributed by atoms with E-state index >= 15 is 0 Å². The summed E-state index contributed by atoms with van der Waals surface area (Å²) in [5.74, 6) is -3.17. The number of carboxylic acids is 2. The molecule has 19 heavy (non-hydrogen) atoms. The van der Waals surface area contributed by atoms with Gasteiger partial charge in [-0.25, -0.2) is 9.18 Å². The fourth-order valence-electron chi connectivity index (χ4n) is 1.51. The van der Waals surface area contributed by atoms with Gasteiger partial charge in [0.05, 0.1) is 6.42 Å². The average molecular weight is 277 g/mol. The molecule has 0 aromatic heterocycles. The minimum absolute atomic E-state index is 0.220. The van der Waals surface area contributed by atoms with Crippen molar-refractivity contribution < 1.29 is 29.0 Å². The number of carbonyl (C=O) groups excluding carboxylic acids is 1. The average Bonchev–Trinajstić information content (AvgIpc) is 2.31. The van der Waals surface area contributed by atoms with Gasteiger partial charge in [0.25, 0.3) is 0 Å². The number of carboxylic acid groups (broad SMARTS) is 2. The lowest BCUT2D eigenvalue weighted by Gasteiger charge is -2.14. The normalized spacial score (nSPS) is 13.6. The Morgan fingerprint density at radius 1 is 1.21 bits per heavy atom. The highest BCUT2D eigenvalue weighted by Crippen LogP contribution is 2.09. The molecule has 1 amide bonds. The highest BCUT2D eigenvalue weighted by molar-refractivity contribution is 5.84. The number of carbonyl (C=O) groups is 3. The second-order valence-corrected chi connectivity index (χ2v) is 4.33. The van der Waals surface area contributed by atoms with Gasteiger partial charge in [-0.2, -0.15) is 0 Å². The third kappa shape index (κ3) is 8.98. The van der Waals surface area contributed by atoms with E-state index in [1.165, 1.54) is 0 Å². The number of halogens is 1. The lowest BCUT2D eigenvalue weighted by atomic mass is 10.1. The van der Waals surface area contributed by atoms with Gasteiger partial charge in [-0.1, -0.05) is 19.8 Å². The van der Waals surface area contributed by atoms with Gasteiger partial charge in [-0.3, -0.25) is 9.59 Å². The third-order valence-corrected chi connectivity index (χ3v) is 2.56. The lowest BCUT2D eigenvalue weighted by Crippen LogP contribution is -2.41. The highest BCUT2D eigenvalue weighted by Gasteiger charge is 2.22. The molecule has 1 unspecified atom stereocenters. The Hall–Kier alpha value is -1.66. The molecule has 0 heterocycles. The summed E-state index contributed by atoms with van der Waals surface area (Å²) in [6.45, 7) is 1.90. The van der Waals surface area contributed by atoms with Crippen LogP contribution in [0.2, 0.25) is 0 Å². The number of amides is 1. The molecule has 0 saturated heterocycles. The van der Waals surface area contributed by atoms with Crippen LogP contribution in [-0.4, -0.2) is 40.3 Å². The number of aliphatic carboxylic acids is 2. The molecule has 0 spiro atoms. The second kappa shape index (κ2) is 9.29. The van der Waals surface area contributed by atoms with Crippen molar-refractivity contribution in [1.29, 1.82) is 0 Å². The SMILES string of the molecule is CCCCC(F)CC(=O)N[C@@H](CCC(=O)O)C(=O)O. The van der Waals surface area contributed by atoms with Crippen LogP contribution in [0.1, 0.15) is 45.4 Å². The van der Waals surface area contributed by atoms with Gasteiger partial charge in [-0.15, -0.1) is 0 Å². The second-order valence-electron chi connectivity index (χ2n) is 4.33. The van der Waals surface area contributed by atoms with Gasteiger partial charge < -0.3 is 15.5 Å². The van der Waals surface area contributed by atoms with Crippen molar-refractivity contribution in [3.05, 3.63) is 0 Å². The van der Waals surface area contributed by atoms with Crippen molar-refractivity contribution >= 4 is 17.8 Å². The summed E-state index contributed by atoms with van der Waals surface area (Å²) < 4.78 is 13.3. The van der Waals surface area contributed by atoms with Gasteiger partial charge in [-0.05, 0) is 12.8 Å². The zero-order chi connectivity index (χ0) is 14.8. The van der Waals surface area contributed by atoms with E-state index in [-0.39, 0.29) is 19.3 Å². The molecule has 0 bridgehead atoms. The van der Waals surface area contributed by atoms with Gasteiger partial charge in [0, 0.05) is 6.42 Å². The van der Waals surface area contributed by atoms with Gasteiger partial charge in [0.1, 0.15) is 12.2 Å². The molecular weight excluding hydrogens is 257 g/mol. The number of rotatable bonds is 10. The number of hydrogen-bond donors (Lipinski definition) is 3. The van der Waals surface area contributed by atoms with E-state index in [0.29, 0.717) is 6.42 Å². The first-order valence-corrected chi connectivity index (χ1v) is 6.24. The predicted octanol–water partition coefficient (Wildman–Crippen LogP) is 1.34. The topological polar surface area (TPSA) is 104 Å². The maximum Gasteiger partial charge on any atom is 0.326 e. The van der Waals surface area contributed by atoms with Crippen LogP contribution >= 0.6 is 0 Å². The highest BCUT2D eigenvalue weighted by atomic mass is 19.1. The van der Waals surface area contributed by atoms with Crippen LogP contribution in [0.3, 0.4) is 0 Å². The summed E-state index contributed by atoms with van der Waals surface area (Å²) in [6, 6.07) is -1.29. The van der Waals surface area contributed by atoms with E-state index in [9.17, 15) is 18.8 Å². The molecule has 110 valence electrons. The van der Waals surface area contributed by atoms with Crippen LogP contribution < -0.4 is 5.32 Å². The maximum atomic E-state index is 13.3. The molecular formula is C12H20FNO5. The van der Waals surface area contributed by atoms with E-state index < -0.39 is 36.5 Å². The predicted molar refractivity (Wildman–Crippen MR) is 65.5 cm³/mol. The van der Waals surface area contributed by atoms with E-state index in [1.54, 1.807) is 0 Å². The summed E-state index contributed by atoms with van der Waals surface area (Å²) in [6.07, 6.45) is -0.537. The molecule has 0 aliphatic carbocycles. The van der Waals surface area contributed by atoms with Gasteiger partial charge in [0.15, 0.2) is 0 Å². The zero-order valence-corrected chi connectivity index (χ0v) is 10.9. The Morgan fingerprint density at radius 2 is 1.84 bits per heavy atom. The first-order valence-electron chi connectivity index (χ1n) is 6.24. The molecule has 0 aliphatic heterocycles. The number of hydrogen-bond acceptors (Lipinski definition) is 3. The molecule has 0 aromatic rings. The quantitative estimate of drug-likeness (QED) is 0.559. The van der Waals surface area contributed by atoms with Gasteiger partial charge >= 0.3 is 11.9 Å². The largest absolute Gasteiger partial charge is 0.481 e. The first-order chi connectivity index (χ1) is 8.86. The molecule has 0 radical (unpaired) electrons. The summed E-state index contributed by atoms with van der Waals surface area (Å²) >= 11 is 0. The Labute approximate surface area is 111 Å². The molecule has 0 saturated carbocycles. The van der Waals surface area contributed by atoms with Crippen molar-refractivity contribution in [2.24, 2.45) is 0 Å². The zero-order valence-electron chi connectivity index (χ0n) is 10.9. The fraction of sp³-hybridized carbons (Fsp3) is 0.750. The first kappa shape index (κ1) is 17.3. The molecule has 0 aliphatic rings. The number of nitrogens with one attached hydrogen (secondary N) is 1. The van der Waals surface area contributed by atoms with Crippen LogP contribution in [0.5, 0.6) is 0 Å². The maximum absolute atomic E-state index is 13.3. The summed E-state index contributed by atoms with van der Waals surface area (Å²) in [7, 11) is 0. The monoisotopic (exact) mass is 277 g/mol. The van der Waals surface area contributed by atoms with E-state index in [4.69, 9.17) is 10.2 Å². The van der Waals surface area contributed by atoms with Crippen molar-refractivity contribution in [2.45, 2.75) is 57.7 Å². The molecule has 2 atom stereocenters. The van der Waals surface area contributed by atoms with Crippen LogP contribution in [-0.2, 0) is 14.4 Å². The summed E-state index contributed by atoms with van der Waals surface area (Å²) in [5.41, 5.74) is 0. The van der Waals surface area contributed by atoms with Crippen LogP contribution in [0.15, 0.2) is 0 Å². The Balaban J connectivity index is 4.16. The van der Waals surface area contributed by atoms with E-state index in [0.717, 1.165) is 6.42 Å². The van der Waals surface area contributed by atoms with Crippen LogP contribution in [0.4, 0.5) is 4.39 Å². The Morgan fingerprint density at radius 3 is 2.32 bits per heavy atom. The molecule has 0 fully saturated rings. The molecule has 6 nitrogen and oxygen atoms in total. The smallest absolute Gasteiger partial charge is 0.326 e. The van der Waals surface area contributed by atoms with Crippen LogP contribution in [0.25, 0.3) is 0 Å². The van der Waals surface area contributed by atoms with Crippen molar-refractivity contribution in [3.63, 3.8) is 0 Å². The minimum atomic E-state index is -1.32. The molecule has 3 N–H and O–H groups in total. The van der Waals surface area contributed by atoms with Crippen molar-refractivity contribution in [1.82, 2.24) is 5.32 Å². The minimum Gasteiger partial charge on any atom is -0.481 e. The van der Waals surface area contributed by atoms with Crippen molar-refractivity contribution in [3.8, 4) is 0 Å². The Kier molecular flexibility index (Phi) is 8.48. The summed E-state index contributed by atoms with van der Waals surface area (Å²) in [4.78, 5) is 32.6. The van der Waals surface area contributed by atoms with E-state index in [2.05, 4.69) is 5.32 Å². The summed E-state index contributed by atoms with van der Waals surface area (Å²) in [5, 5.41) is 19.4. The third-order valence-electron chi connectivity index (χ3n) is 2.56. The molecule has 0 rings (SSSR count). The Bertz CT molecular complexity index is 321. The molecule has 0 aromatic carbocycles.